The number of nitrogens with zero attached hydrogens (tertiary/aromatic N) is 1. The molecular formula is C22H45N2O3+. The first-order valence-corrected chi connectivity index (χ1v) is 11.0. The van der Waals surface area contributed by atoms with Crippen LogP contribution < -0.4 is 5.32 Å². The van der Waals surface area contributed by atoms with Gasteiger partial charge in [-0.25, -0.2) is 4.79 Å². The van der Waals surface area contributed by atoms with Crippen LogP contribution in [0.3, 0.4) is 0 Å². The largest absolute Gasteiger partial charge is 0.475 e. The van der Waals surface area contributed by atoms with Crippen LogP contribution in [-0.4, -0.2) is 48.3 Å². The van der Waals surface area contributed by atoms with Gasteiger partial charge in [0.05, 0.1) is 21.1 Å². The van der Waals surface area contributed by atoms with Crippen LogP contribution in [0.1, 0.15) is 104 Å². The Balaban J connectivity index is 3.68. The van der Waals surface area contributed by atoms with Crippen molar-refractivity contribution >= 4 is 11.9 Å². The minimum atomic E-state index is -1.30. The first kappa shape index (κ1) is 25.9. The topological polar surface area (TPSA) is 66.4 Å². The monoisotopic (exact) mass is 385 g/mol. The summed E-state index contributed by atoms with van der Waals surface area (Å²) in [5.74, 6) is -1.18. The summed E-state index contributed by atoms with van der Waals surface area (Å²) in [6, 6.07) is 0. The van der Waals surface area contributed by atoms with Crippen molar-refractivity contribution in [2.24, 2.45) is 0 Å². The Morgan fingerprint density at radius 1 is 0.778 bits per heavy atom. The van der Waals surface area contributed by atoms with Crippen LogP contribution in [0.5, 0.6) is 0 Å². The average Bonchev–Trinajstić information content (AvgIpc) is 2.57. The van der Waals surface area contributed by atoms with E-state index in [0.717, 1.165) is 19.3 Å². The SMILES string of the molecule is CCCCCCCCCCCCCCCC(=O)NC(C)(C(=O)O)[N+](C)(C)C. The smallest absolute Gasteiger partial charge is 0.388 e. The van der Waals surface area contributed by atoms with Gasteiger partial charge in [-0.1, -0.05) is 84.0 Å². The van der Waals surface area contributed by atoms with E-state index < -0.39 is 11.6 Å². The van der Waals surface area contributed by atoms with Gasteiger partial charge in [0.2, 0.25) is 5.91 Å². The first-order chi connectivity index (χ1) is 12.6. The molecule has 0 aliphatic rings. The zero-order chi connectivity index (χ0) is 20.8. The number of carbonyl (C=O) groups excluding carboxylic acids is 1. The molecule has 1 atom stereocenters. The van der Waals surface area contributed by atoms with Crippen LogP contribution in [0.25, 0.3) is 0 Å². The highest BCUT2D eigenvalue weighted by molar-refractivity contribution is 5.85. The van der Waals surface area contributed by atoms with Crippen molar-refractivity contribution in [3.63, 3.8) is 0 Å². The minimum absolute atomic E-state index is 0.146. The van der Waals surface area contributed by atoms with Crippen molar-refractivity contribution in [3.05, 3.63) is 0 Å². The highest BCUT2D eigenvalue weighted by Crippen LogP contribution is 2.17. The van der Waals surface area contributed by atoms with E-state index in [4.69, 9.17) is 0 Å². The Kier molecular flexibility index (Phi) is 13.4. The number of carboxylic acids is 1. The number of likely N-dealkylation sites (N-methyl/N-ethyl adjacent to an activating group) is 1. The van der Waals surface area contributed by atoms with Gasteiger partial charge < -0.3 is 5.11 Å². The Morgan fingerprint density at radius 3 is 1.48 bits per heavy atom. The van der Waals surface area contributed by atoms with Crippen molar-refractivity contribution in [2.75, 3.05) is 21.1 Å². The minimum Gasteiger partial charge on any atom is -0.475 e. The molecule has 160 valence electrons. The number of rotatable bonds is 17. The second-order valence-electron chi connectivity index (χ2n) is 8.93. The summed E-state index contributed by atoms with van der Waals surface area (Å²) in [5.41, 5.74) is -1.30. The van der Waals surface area contributed by atoms with Gasteiger partial charge in [0.15, 0.2) is 0 Å². The highest BCUT2D eigenvalue weighted by atomic mass is 16.4. The van der Waals surface area contributed by atoms with Gasteiger partial charge >= 0.3 is 5.97 Å². The Bertz CT molecular complexity index is 418. The highest BCUT2D eigenvalue weighted by Gasteiger charge is 2.47. The fourth-order valence-corrected chi connectivity index (χ4v) is 3.15. The fourth-order valence-electron chi connectivity index (χ4n) is 3.15. The van der Waals surface area contributed by atoms with Gasteiger partial charge in [0.1, 0.15) is 0 Å². The summed E-state index contributed by atoms with van der Waals surface area (Å²) in [4.78, 5) is 23.7. The van der Waals surface area contributed by atoms with Crippen molar-refractivity contribution in [1.29, 1.82) is 0 Å². The Hall–Kier alpha value is -1.10. The summed E-state index contributed by atoms with van der Waals surface area (Å²) in [5, 5.41) is 12.2. The van der Waals surface area contributed by atoms with Crippen LogP contribution in [0.2, 0.25) is 0 Å². The second-order valence-corrected chi connectivity index (χ2v) is 8.93. The third-order valence-corrected chi connectivity index (χ3v) is 5.65. The molecule has 0 heterocycles. The number of unbranched alkanes of at least 4 members (excludes halogenated alkanes) is 12. The zero-order valence-electron chi connectivity index (χ0n) is 18.6. The molecule has 0 rings (SSSR count). The number of aliphatic carboxylic acids is 1. The maximum atomic E-state index is 12.1. The predicted molar refractivity (Wildman–Crippen MR) is 113 cm³/mol. The lowest BCUT2D eigenvalue weighted by Gasteiger charge is -2.40. The molecule has 0 aromatic heterocycles. The molecule has 5 heteroatoms. The lowest BCUT2D eigenvalue weighted by Crippen LogP contribution is -2.69. The molecule has 0 radical (unpaired) electrons. The molecule has 0 bridgehead atoms. The maximum Gasteiger partial charge on any atom is 0.388 e. The molecule has 0 aliphatic heterocycles. The van der Waals surface area contributed by atoms with Gasteiger partial charge in [-0.05, 0) is 6.42 Å². The number of nitrogens with one attached hydrogen (secondary N) is 1. The lowest BCUT2D eigenvalue weighted by atomic mass is 10.0. The number of quaternary nitrogens is 1. The maximum absolute atomic E-state index is 12.1. The standard InChI is InChI=1S/C22H44N2O3/c1-6-7-8-9-10-11-12-13-14-15-16-17-18-19-20(25)23-22(2,21(26)27)24(3,4)5/h6-19H2,1-5H3,(H-,23,25,26,27)/p+1. The molecule has 1 unspecified atom stereocenters. The van der Waals surface area contributed by atoms with Gasteiger partial charge in [-0.15, -0.1) is 0 Å². The molecule has 0 fully saturated rings. The van der Waals surface area contributed by atoms with E-state index in [1.807, 2.05) is 0 Å². The van der Waals surface area contributed by atoms with E-state index in [1.165, 1.54) is 64.2 Å². The molecule has 2 N–H and O–H groups in total. The van der Waals surface area contributed by atoms with E-state index in [0.29, 0.717) is 6.42 Å². The zero-order valence-corrected chi connectivity index (χ0v) is 18.6. The van der Waals surface area contributed by atoms with Crippen molar-refractivity contribution in [2.45, 2.75) is 109 Å². The molecular weight excluding hydrogens is 340 g/mol. The Labute approximate surface area is 167 Å². The third-order valence-electron chi connectivity index (χ3n) is 5.65. The average molecular weight is 386 g/mol. The lowest BCUT2D eigenvalue weighted by molar-refractivity contribution is -0.914. The summed E-state index contributed by atoms with van der Waals surface area (Å²) in [6.07, 6.45) is 16.9. The molecule has 0 aromatic carbocycles. The number of hydrogen-bond donors (Lipinski definition) is 2. The number of carboxylic acid groups (broad SMARTS) is 1. The van der Waals surface area contributed by atoms with Crippen LogP contribution >= 0.6 is 0 Å². The van der Waals surface area contributed by atoms with E-state index >= 15 is 0 Å². The summed E-state index contributed by atoms with van der Waals surface area (Å²) in [6.45, 7) is 3.82. The fraction of sp³-hybridized carbons (Fsp3) is 0.909. The van der Waals surface area contributed by atoms with Gasteiger partial charge in [0, 0.05) is 13.3 Å². The molecule has 27 heavy (non-hydrogen) atoms. The van der Waals surface area contributed by atoms with Gasteiger partial charge in [-0.2, -0.15) is 0 Å². The molecule has 0 aromatic rings. The summed E-state index contributed by atoms with van der Waals surface area (Å²) < 4.78 is 0.146. The molecule has 0 spiro atoms. The summed E-state index contributed by atoms with van der Waals surface area (Å²) in [7, 11) is 5.33. The van der Waals surface area contributed by atoms with E-state index in [-0.39, 0.29) is 10.4 Å². The number of hydrogen-bond acceptors (Lipinski definition) is 2. The van der Waals surface area contributed by atoms with Crippen LogP contribution in [0, 0.1) is 0 Å². The first-order valence-electron chi connectivity index (χ1n) is 11.0. The van der Waals surface area contributed by atoms with Crippen molar-refractivity contribution < 1.29 is 19.2 Å². The van der Waals surface area contributed by atoms with Crippen LogP contribution in [0.4, 0.5) is 0 Å². The number of amides is 1. The summed E-state index contributed by atoms with van der Waals surface area (Å²) >= 11 is 0. The second kappa shape index (κ2) is 14.0. The quantitative estimate of drug-likeness (QED) is 0.208. The Morgan fingerprint density at radius 2 is 1.15 bits per heavy atom. The molecule has 5 nitrogen and oxygen atoms in total. The molecule has 0 saturated carbocycles. The molecule has 0 saturated heterocycles. The molecule has 0 aliphatic carbocycles. The van der Waals surface area contributed by atoms with E-state index in [1.54, 1.807) is 28.1 Å². The van der Waals surface area contributed by atoms with Crippen LogP contribution in [-0.2, 0) is 9.59 Å². The van der Waals surface area contributed by atoms with E-state index in [2.05, 4.69) is 12.2 Å². The van der Waals surface area contributed by atoms with Gasteiger partial charge in [0.25, 0.3) is 5.66 Å². The predicted octanol–water partition coefficient (Wildman–Crippen LogP) is 5.09. The van der Waals surface area contributed by atoms with E-state index in [9.17, 15) is 14.7 Å². The molecule has 1 amide bonds. The normalized spacial score (nSPS) is 14.0. The van der Waals surface area contributed by atoms with Gasteiger partial charge in [-0.3, -0.25) is 14.6 Å². The third kappa shape index (κ3) is 11.4. The van der Waals surface area contributed by atoms with Crippen molar-refractivity contribution in [1.82, 2.24) is 5.32 Å². The number of carbonyl (C=O) groups is 2. The van der Waals surface area contributed by atoms with Crippen LogP contribution in [0.15, 0.2) is 0 Å². The van der Waals surface area contributed by atoms with Crippen molar-refractivity contribution in [3.8, 4) is 0 Å².